The van der Waals surface area contributed by atoms with Gasteiger partial charge in [0, 0.05) is 24.6 Å². The second-order valence-corrected chi connectivity index (χ2v) is 8.01. The third-order valence-electron chi connectivity index (χ3n) is 5.92. The number of aliphatic carboxylic acids is 1. The average Bonchev–Trinajstić information content (AvgIpc) is 3.29. The second kappa shape index (κ2) is 10.7. The topological polar surface area (TPSA) is 107 Å². The second-order valence-electron chi connectivity index (χ2n) is 8.01. The predicted octanol–water partition coefficient (Wildman–Crippen LogP) is 1.09. The van der Waals surface area contributed by atoms with Gasteiger partial charge in [0.1, 0.15) is 29.7 Å². The van der Waals surface area contributed by atoms with Crippen LogP contribution in [0.25, 0.3) is 11.1 Å². The van der Waals surface area contributed by atoms with Gasteiger partial charge in [0.15, 0.2) is 17.1 Å². The van der Waals surface area contributed by atoms with Crippen LogP contribution in [0.3, 0.4) is 0 Å². The van der Waals surface area contributed by atoms with Crippen molar-refractivity contribution in [2.45, 2.75) is 25.6 Å². The Morgan fingerprint density at radius 1 is 1.22 bits per heavy atom. The molecule has 0 bridgehead atoms. The molecule has 2 aromatic heterocycles. The third kappa shape index (κ3) is 4.97. The van der Waals surface area contributed by atoms with Crippen LogP contribution in [-0.2, 0) is 24.4 Å². The molecule has 0 spiro atoms. The summed E-state index contributed by atoms with van der Waals surface area (Å²) in [5, 5.41) is 10.0. The van der Waals surface area contributed by atoms with Crippen LogP contribution in [0.2, 0.25) is 0 Å². The van der Waals surface area contributed by atoms with Crippen LogP contribution >= 0.6 is 0 Å². The molecule has 0 aliphatic carbocycles. The van der Waals surface area contributed by atoms with Crippen molar-refractivity contribution in [2.24, 2.45) is 0 Å². The van der Waals surface area contributed by atoms with E-state index in [9.17, 15) is 14.3 Å². The average molecular weight is 503 g/mol. The Morgan fingerprint density at radius 3 is 2.75 bits per heavy atom. The number of anilines is 1. The monoisotopic (exact) mass is 503 g/mol. The van der Waals surface area contributed by atoms with Gasteiger partial charge in [-0.3, -0.25) is 4.98 Å². The van der Waals surface area contributed by atoms with E-state index in [1.165, 1.54) is 25.3 Å². The number of fused-ring (bicyclic) bond motifs is 2. The van der Waals surface area contributed by atoms with E-state index >= 15 is 0 Å². The number of oxazole rings is 1. The Hall–Kier alpha value is -3.34. The number of benzene rings is 2. The summed E-state index contributed by atoms with van der Waals surface area (Å²) >= 11 is 0. The van der Waals surface area contributed by atoms with E-state index in [0.29, 0.717) is 28.5 Å². The van der Waals surface area contributed by atoms with Crippen molar-refractivity contribution in [3.05, 3.63) is 71.3 Å². The normalized spacial score (nSPS) is 14.6. The molecular weight excluding hydrogens is 480 g/mol. The summed E-state index contributed by atoms with van der Waals surface area (Å²) in [5.74, 6) is 0.0870. The number of carboxylic acid groups (broad SMARTS) is 1. The summed E-state index contributed by atoms with van der Waals surface area (Å²) < 4.78 is 36.1. The molecule has 1 N–H and O–H groups in total. The molecule has 1 aliphatic heterocycles. The summed E-state index contributed by atoms with van der Waals surface area (Å²) in [5.41, 5.74) is 2.94. The molecule has 36 heavy (non-hydrogen) atoms. The van der Waals surface area contributed by atoms with Gasteiger partial charge in [0.2, 0.25) is 0 Å². The van der Waals surface area contributed by atoms with Crippen molar-refractivity contribution in [1.29, 1.82) is 0 Å². The van der Waals surface area contributed by atoms with Crippen LogP contribution in [0, 0.1) is 5.82 Å². The van der Waals surface area contributed by atoms with Crippen molar-refractivity contribution < 1.29 is 63.9 Å². The zero-order valence-electron chi connectivity index (χ0n) is 21.0. The fourth-order valence-corrected chi connectivity index (χ4v) is 4.13. The first kappa shape index (κ1) is 25.7. The van der Waals surface area contributed by atoms with Crippen LogP contribution in [0.5, 0.6) is 17.2 Å². The van der Waals surface area contributed by atoms with Crippen LogP contribution in [0.15, 0.2) is 53.1 Å². The van der Waals surface area contributed by atoms with Crippen LogP contribution < -0.4 is 48.7 Å². The van der Waals surface area contributed by atoms with Gasteiger partial charge in [-0.1, -0.05) is 6.07 Å². The molecule has 1 aliphatic rings. The number of hydrogen-bond acceptors (Lipinski definition) is 8. The number of halogens is 1. The van der Waals surface area contributed by atoms with Gasteiger partial charge < -0.3 is 30.1 Å². The first-order valence-electron chi connectivity index (χ1n) is 10.8. The molecule has 1 atom stereocenters. The van der Waals surface area contributed by atoms with Crippen LogP contribution in [-0.4, -0.2) is 41.3 Å². The van der Waals surface area contributed by atoms with Crippen LogP contribution in [0.4, 0.5) is 10.4 Å². The van der Waals surface area contributed by atoms with Crippen molar-refractivity contribution in [2.75, 3.05) is 19.1 Å². The predicted molar refractivity (Wildman–Crippen MR) is 125 cm³/mol. The molecule has 0 saturated carbocycles. The number of methoxy groups -OCH3 is 2. The van der Waals surface area contributed by atoms with E-state index in [-0.39, 0.29) is 62.2 Å². The minimum Gasteiger partial charge on any atom is -1.00 e. The Bertz CT molecular complexity index is 1400. The van der Waals surface area contributed by atoms with Gasteiger partial charge in [-0.15, -0.1) is 0 Å². The molecule has 11 heteroatoms. The molecule has 5 rings (SSSR count). The van der Waals surface area contributed by atoms with Gasteiger partial charge in [0.25, 0.3) is 6.01 Å². The fourth-order valence-electron chi connectivity index (χ4n) is 4.13. The SMILES string of the molecule is COc1ccc(COc2c(OC)ccc3c2CC(C(=O)O)N(c2nc4ccc(F)cc4o2)C3)nc1.[H-].[Na+]. The molecule has 4 aromatic rings. The first-order valence-corrected chi connectivity index (χ1v) is 10.8. The van der Waals surface area contributed by atoms with E-state index in [0.717, 1.165) is 11.1 Å². The smallest absolute Gasteiger partial charge is 1.00 e. The standard InChI is InChI=1S/C25H22FN3O6.Na.H/c1-32-17-6-5-16(27-11-17)13-34-23-18-10-20(24(30)31)29(12-14(18)3-8-21(23)33-2)25-28-19-7-4-15(26)9-22(19)35-25;;/h3-9,11,20H,10,12-13H2,1-2H3,(H,30,31);;/q;+1;-1. The van der Waals surface area contributed by atoms with Crippen molar-refractivity contribution in [3.8, 4) is 17.2 Å². The van der Waals surface area contributed by atoms with E-state index in [2.05, 4.69) is 9.97 Å². The fraction of sp³-hybridized carbons (Fsp3) is 0.240. The molecule has 1 unspecified atom stereocenters. The minimum absolute atomic E-state index is 0. The Balaban J connectivity index is 0.00000190. The Kier molecular flexibility index (Phi) is 7.67. The maximum atomic E-state index is 13.6. The number of carbonyl (C=O) groups is 1. The van der Waals surface area contributed by atoms with Crippen molar-refractivity contribution in [3.63, 3.8) is 0 Å². The minimum atomic E-state index is -1.05. The molecular formula is C25H23FN3NaO6. The molecule has 182 valence electrons. The zero-order valence-corrected chi connectivity index (χ0v) is 22.0. The van der Waals surface area contributed by atoms with Gasteiger partial charge in [0.05, 0.1) is 26.1 Å². The van der Waals surface area contributed by atoms with E-state index in [1.807, 2.05) is 6.07 Å². The summed E-state index contributed by atoms with van der Waals surface area (Å²) in [6, 6.07) is 10.3. The summed E-state index contributed by atoms with van der Waals surface area (Å²) in [6.07, 6.45) is 1.72. The molecule has 0 amide bonds. The number of nitrogens with zero attached hydrogens (tertiary/aromatic N) is 3. The summed E-state index contributed by atoms with van der Waals surface area (Å²) in [6.45, 7) is 0.373. The maximum absolute atomic E-state index is 13.6. The number of ether oxygens (including phenoxy) is 3. The van der Waals surface area contributed by atoms with E-state index < -0.39 is 17.8 Å². The van der Waals surface area contributed by atoms with Gasteiger partial charge in [-0.25, -0.2) is 9.18 Å². The molecule has 9 nitrogen and oxygen atoms in total. The first-order chi connectivity index (χ1) is 17.0. The quantitative estimate of drug-likeness (QED) is 0.371. The van der Waals surface area contributed by atoms with Crippen molar-refractivity contribution >= 4 is 23.1 Å². The molecule has 0 saturated heterocycles. The Morgan fingerprint density at radius 2 is 2.06 bits per heavy atom. The molecule has 0 fully saturated rings. The zero-order chi connectivity index (χ0) is 24.5. The maximum Gasteiger partial charge on any atom is 1.00 e. The Labute approximate surface area is 229 Å². The van der Waals surface area contributed by atoms with Gasteiger partial charge in [-0.2, -0.15) is 4.98 Å². The molecule has 0 radical (unpaired) electrons. The molecule has 3 heterocycles. The summed E-state index contributed by atoms with van der Waals surface area (Å²) in [7, 11) is 3.09. The number of carboxylic acids is 1. The third-order valence-corrected chi connectivity index (χ3v) is 5.92. The van der Waals surface area contributed by atoms with E-state index in [1.54, 1.807) is 36.4 Å². The largest absolute Gasteiger partial charge is 1.00 e. The van der Waals surface area contributed by atoms with Crippen molar-refractivity contribution in [1.82, 2.24) is 9.97 Å². The van der Waals surface area contributed by atoms with Gasteiger partial charge in [-0.05, 0) is 35.9 Å². The number of hydrogen-bond donors (Lipinski definition) is 1. The number of pyridine rings is 1. The van der Waals surface area contributed by atoms with Gasteiger partial charge >= 0.3 is 35.5 Å². The van der Waals surface area contributed by atoms with E-state index in [4.69, 9.17) is 18.6 Å². The summed E-state index contributed by atoms with van der Waals surface area (Å²) in [4.78, 5) is 22.5. The molecule has 2 aromatic carbocycles. The number of aromatic nitrogens is 2. The van der Waals surface area contributed by atoms with Crippen LogP contribution in [0.1, 0.15) is 18.2 Å². The number of rotatable bonds is 7.